The van der Waals surface area contributed by atoms with Crippen molar-refractivity contribution >= 4 is 15.9 Å². The minimum atomic E-state index is -3.26. The fraction of sp³-hybridized carbons (Fsp3) is 0.455. The largest absolute Gasteiger partial charge is 0.339 e. The van der Waals surface area contributed by atoms with Gasteiger partial charge in [0.1, 0.15) is 0 Å². The molecule has 0 saturated carbocycles. The van der Waals surface area contributed by atoms with E-state index in [0.717, 1.165) is 42.8 Å². The molecule has 1 fully saturated rings. The molecule has 1 atom stereocenters. The Morgan fingerprint density at radius 2 is 1.72 bits per heavy atom. The quantitative estimate of drug-likeness (QED) is 0.751. The van der Waals surface area contributed by atoms with Crippen molar-refractivity contribution in [2.45, 2.75) is 44.8 Å². The third-order valence-electron chi connectivity index (χ3n) is 5.39. The van der Waals surface area contributed by atoms with Crippen molar-refractivity contribution in [1.29, 1.82) is 0 Å². The molecule has 3 rings (SSSR count). The average molecular weight is 416 g/mol. The number of rotatable bonds is 7. The van der Waals surface area contributed by atoms with Crippen LogP contribution >= 0.6 is 0 Å². The van der Waals surface area contributed by atoms with Gasteiger partial charge >= 0.3 is 0 Å². The monoisotopic (exact) mass is 415 g/mol. The van der Waals surface area contributed by atoms with Crippen molar-refractivity contribution in [3.8, 4) is 11.3 Å². The normalized spacial score (nSPS) is 15.7. The Hall–Kier alpha value is -2.25. The number of nitrogens with one attached hydrogen (secondary N) is 1. The highest BCUT2D eigenvalue weighted by atomic mass is 32.2. The van der Waals surface area contributed by atoms with Crippen molar-refractivity contribution < 1.29 is 13.2 Å². The number of sulfonamides is 1. The maximum absolute atomic E-state index is 12.4. The fourth-order valence-corrected chi connectivity index (χ4v) is 4.12. The number of aromatic nitrogens is 1. The first-order chi connectivity index (χ1) is 13.8. The average Bonchev–Trinajstić information content (AvgIpc) is 3.26. The van der Waals surface area contributed by atoms with Gasteiger partial charge in [-0.3, -0.25) is 9.78 Å². The predicted molar refractivity (Wildman–Crippen MR) is 115 cm³/mol. The van der Waals surface area contributed by atoms with Gasteiger partial charge in [0.15, 0.2) is 0 Å². The van der Waals surface area contributed by atoms with Crippen LogP contribution in [0, 0.1) is 0 Å². The lowest BCUT2D eigenvalue weighted by Crippen LogP contribution is -2.33. The maximum Gasteiger partial charge on any atom is 0.255 e. The van der Waals surface area contributed by atoms with E-state index in [1.807, 2.05) is 48.2 Å². The summed E-state index contributed by atoms with van der Waals surface area (Å²) < 4.78 is 26.5. The van der Waals surface area contributed by atoms with E-state index in [4.69, 9.17) is 0 Å². The van der Waals surface area contributed by atoms with Crippen molar-refractivity contribution in [2.75, 3.05) is 19.6 Å². The van der Waals surface area contributed by atoms with E-state index in [2.05, 4.69) is 9.71 Å². The van der Waals surface area contributed by atoms with Gasteiger partial charge in [-0.15, -0.1) is 0 Å². The van der Waals surface area contributed by atoms with Crippen LogP contribution in [0.2, 0.25) is 0 Å². The highest BCUT2D eigenvalue weighted by Gasteiger charge is 2.20. The van der Waals surface area contributed by atoms with E-state index in [-0.39, 0.29) is 11.8 Å². The fourth-order valence-electron chi connectivity index (χ4n) is 3.30. The molecule has 1 N–H and O–H groups in total. The van der Waals surface area contributed by atoms with Gasteiger partial charge in [0.25, 0.3) is 5.91 Å². The van der Waals surface area contributed by atoms with Crippen molar-refractivity contribution in [1.82, 2.24) is 14.6 Å². The SMILES string of the molecule is CC(C)S(=O)(=O)NC[C@H](C)c1ccc(-c2ccc(C(=O)N3CCCC3)cn2)cc1. The summed E-state index contributed by atoms with van der Waals surface area (Å²) in [5.74, 6) is 0.112. The number of carbonyl (C=O) groups excluding carboxylic acids is 1. The van der Waals surface area contributed by atoms with Crippen LogP contribution in [0.25, 0.3) is 11.3 Å². The Morgan fingerprint density at radius 3 is 2.28 bits per heavy atom. The first kappa shape index (κ1) is 21.5. The molecule has 0 radical (unpaired) electrons. The lowest BCUT2D eigenvalue weighted by atomic mass is 9.99. The van der Waals surface area contributed by atoms with Crippen molar-refractivity contribution in [3.63, 3.8) is 0 Å². The van der Waals surface area contributed by atoms with Crippen LogP contribution in [0.3, 0.4) is 0 Å². The van der Waals surface area contributed by atoms with Gasteiger partial charge in [-0.2, -0.15) is 0 Å². The van der Waals surface area contributed by atoms with Crippen LogP contribution in [0.5, 0.6) is 0 Å². The zero-order valence-electron chi connectivity index (χ0n) is 17.3. The summed E-state index contributed by atoms with van der Waals surface area (Å²) in [6.45, 7) is 7.35. The number of benzene rings is 1. The number of amides is 1. The minimum absolute atomic E-state index is 0.0505. The predicted octanol–water partition coefficient (Wildman–Crippen LogP) is 3.42. The van der Waals surface area contributed by atoms with Crippen LogP contribution in [-0.4, -0.2) is 49.1 Å². The molecule has 0 bridgehead atoms. The van der Waals surface area contributed by atoms with Gasteiger partial charge in [0.2, 0.25) is 10.0 Å². The Labute approximate surface area is 173 Å². The van der Waals surface area contributed by atoms with E-state index in [0.29, 0.717) is 12.1 Å². The van der Waals surface area contributed by atoms with E-state index in [1.165, 1.54) is 0 Å². The molecule has 29 heavy (non-hydrogen) atoms. The summed E-state index contributed by atoms with van der Waals surface area (Å²) >= 11 is 0. The molecule has 0 spiro atoms. The second kappa shape index (κ2) is 9.05. The Bertz CT molecular complexity index is 932. The van der Waals surface area contributed by atoms with E-state index < -0.39 is 15.3 Å². The zero-order valence-corrected chi connectivity index (χ0v) is 18.1. The number of carbonyl (C=O) groups is 1. The maximum atomic E-state index is 12.4. The molecular weight excluding hydrogens is 386 g/mol. The molecule has 2 heterocycles. The molecule has 6 nitrogen and oxygen atoms in total. The molecule has 1 amide bonds. The van der Waals surface area contributed by atoms with Gasteiger partial charge in [-0.1, -0.05) is 31.2 Å². The van der Waals surface area contributed by atoms with Crippen molar-refractivity contribution in [2.24, 2.45) is 0 Å². The zero-order chi connectivity index (χ0) is 21.0. The van der Waals surface area contributed by atoms with Gasteiger partial charge in [0, 0.05) is 31.4 Å². The highest BCUT2D eigenvalue weighted by molar-refractivity contribution is 7.90. The van der Waals surface area contributed by atoms with E-state index in [9.17, 15) is 13.2 Å². The summed E-state index contributed by atoms with van der Waals surface area (Å²) in [5.41, 5.74) is 3.45. The van der Waals surface area contributed by atoms with Crippen molar-refractivity contribution in [3.05, 3.63) is 53.7 Å². The summed E-state index contributed by atoms with van der Waals surface area (Å²) in [7, 11) is -3.26. The molecule has 2 aromatic rings. The second-order valence-electron chi connectivity index (χ2n) is 7.90. The summed E-state index contributed by atoms with van der Waals surface area (Å²) in [6, 6.07) is 11.7. The number of pyridine rings is 1. The van der Waals surface area contributed by atoms with Gasteiger partial charge < -0.3 is 4.90 Å². The van der Waals surface area contributed by atoms with E-state index in [1.54, 1.807) is 20.0 Å². The summed E-state index contributed by atoms with van der Waals surface area (Å²) in [4.78, 5) is 18.8. The summed E-state index contributed by atoms with van der Waals surface area (Å²) in [6.07, 6.45) is 3.79. The molecule has 0 aliphatic carbocycles. The Morgan fingerprint density at radius 1 is 1.07 bits per heavy atom. The van der Waals surface area contributed by atoms with Gasteiger partial charge in [-0.25, -0.2) is 13.1 Å². The van der Waals surface area contributed by atoms with Gasteiger partial charge in [-0.05, 0) is 50.3 Å². The first-order valence-corrected chi connectivity index (χ1v) is 11.7. The van der Waals surface area contributed by atoms with Crippen LogP contribution in [0.15, 0.2) is 42.6 Å². The molecule has 1 aromatic heterocycles. The highest BCUT2D eigenvalue weighted by Crippen LogP contribution is 2.22. The minimum Gasteiger partial charge on any atom is -0.339 e. The molecule has 1 saturated heterocycles. The van der Waals surface area contributed by atoms with Crippen LogP contribution in [0.4, 0.5) is 0 Å². The summed E-state index contributed by atoms with van der Waals surface area (Å²) in [5, 5.41) is -0.441. The lowest BCUT2D eigenvalue weighted by molar-refractivity contribution is 0.0792. The molecule has 0 unspecified atom stereocenters. The third kappa shape index (κ3) is 5.22. The number of hydrogen-bond donors (Lipinski definition) is 1. The molecule has 1 aliphatic rings. The molecular formula is C22H29N3O3S. The molecule has 156 valence electrons. The number of likely N-dealkylation sites (tertiary alicyclic amines) is 1. The van der Waals surface area contributed by atoms with Crippen LogP contribution in [0.1, 0.15) is 55.5 Å². The third-order valence-corrected chi connectivity index (χ3v) is 7.20. The molecule has 1 aliphatic heterocycles. The molecule has 7 heteroatoms. The lowest BCUT2D eigenvalue weighted by Gasteiger charge is -2.16. The van der Waals surface area contributed by atoms with Crippen LogP contribution in [-0.2, 0) is 10.0 Å². The Kier molecular flexibility index (Phi) is 6.70. The first-order valence-electron chi connectivity index (χ1n) is 10.1. The van der Waals surface area contributed by atoms with Crippen LogP contribution < -0.4 is 4.72 Å². The van der Waals surface area contributed by atoms with Gasteiger partial charge in [0.05, 0.1) is 16.5 Å². The number of hydrogen-bond acceptors (Lipinski definition) is 4. The molecule has 1 aromatic carbocycles. The number of nitrogens with zero attached hydrogens (tertiary/aromatic N) is 2. The topological polar surface area (TPSA) is 79.4 Å². The Balaban J connectivity index is 1.64. The van der Waals surface area contributed by atoms with E-state index >= 15 is 0 Å². The second-order valence-corrected chi connectivity index (χ2v) is 10.2. The smallest absolute Gasteiger partial charge is 0.255 e. The standard InChI is InChI=1S/C22H29N3O3S/c1-16(2)29(27,28)24-14-17(3)18-6-8-19(9-7-18)21-11-10-20(15-23-21)22(26)25-12-4-5-13-25/h6-11,15-17,24H,4-5,12-14H2,1-3H3/t17-/m0/s1.